The van der Waals surface area contributed by atoms with E-state index in [9.17, 15) is 18.0 Å². The van der Waals surface area contributed by atoms with Gasteiger partial charge < -0.3 is 4.90 Å². The smallest absolute Gasteiger partial charge is 0.249 e. The van der Waals surface area contributed by atoms with Crippen LogP contribution in [0, 0.1) is 6.92 Å². The molecule has 34 heavy (non-hydrogen) atoms. The highest BCUT2D eigenvalue weighted by Gasteiger charge is 2.27. The average Bonchev–Trinajstić information content (AvgIpc) is 3.40. The molecule has 2 aromatic carbocycles. The van der Waals surface area contributed by atoms with Gasteiger partial charge in [-0.25, -0.2) is 18.5 Å². The second kappa shape index (κ2) is 10.0. The number of likely N-dealkylation sites (tertiary alicyclic amines) is 1. The molecule has 4 rings (SSSR count). The minimum absolute atomic E-state index is 0.0597. The Morgan fingerprint density at radius 1 is 1.12 bits per heavy atom. The Morgan fingerprint density at radius 3 is 2.38 bits per heavy atom. The molecule has 0 atom stereocenters. The predicted octanol–water partition coefficient (Wildman–Crippen LogP) is 2.96. The SMILES string of the molecule is Cc1nc(N(CCN2CCCC2=O)C(=O)Cc2ccc(-c3ccccc3)cc2)sc1S(N)(=O)=O. The number of benzene rings is 2. The van der Waals surface area contributed by atoms with E-state index in [1.165, 1.54) is 4.90 Å². The van der Waals surface area contributed by atoms with Gasteiger partial charge in [-0.1, -0.05) is 65.9 Å². The van der Waals surface area contributed by atoms with Crippen molar-refractivity contribution < 1.29 is 18.0 Å². The molecular formula is C24H26N4O4S2. The van der Waals surface area contributed by atoms with Crippen molar-refractivity contribution in [3.05, 3.63) is 65.9 Å². The largest absolute Gasteiger partial charge is 0.341 e. The van der Waals surface area contributed by atoms with Crippen molar-refractivity contribution in [2.45, 2.75) is 30.4 Å². The Hall–Kier alpha value is -3.08. The van der Waals surface area contributed by atoms with Gasteiger partial charge in [-0.3, -0.25) is 14.5 Å². The molecule has 1 aliphatic heterocycles. The molecule has 0 saturated carbocycles. The molecule has 0 spiro atoms. The van der Waals surface area contributed by atoms with E-state index in [1.54, 1.807) is 11.8 Å². The molecule has 1 aromatic heterocycles. The van der Waals surface area contributed by atoms with Gasteiger partial charge in [0.1, 0.15) is 0 Å². The van der Waals surface area contributed by atoms with Crippen LogP contribution in [0.25, 0.3) is 11.1 Å². The molecule has 1 aliphatic rings. The number of hydrogen-bond acceptors (Lipinski definition) is 6. The van der Waals surface area contributed by atoms with Gasteiger partial charge in [0.2, 0.25) is 21.8 Å². The molecule has 2 amide bonds. The van der Waals surface area contributed by atoms with Crippen molar-refractivity contribution in [1.82, 2.24) is 9.88 Å². The Kier molecular flexibility index (Phi) is 7.11. The van der Waals surface area contributed by atoms with Gasteiger partial charge in [-0.15, -0.1) is 0 Å². The van der Waals surface area contributed by atoms with Crippen molar-refractivity contribution >= 4 is 38.3 Å². The van der Waals surface area contributed by atoms with Crippen LogP contribution in [0.3, 0.4) is 0 Å². The molecule has 0 radical (unpaired) electrons. The van der Waals surface area contributed by atoms with Gasteiger partial charge in [-0.05, 0) is 30.0 Å². The van der Waals surface area contributed by atoms with Crippen molar-refractivity contribution in [3.8, 4) is 11.1 Å². The number of amides is 2. The summed E-state index contributed by atoms with van der Waals surface area (Å²) in [5.41, 5.74) is 3.22. The highest BCUT2D eigenvalue weighted by atomic mass is 32.2. The van der Waals surface area contributed by atoms with Crippen LogP contribution in [-0.2, 0) is 26.0 Å². The number of nitrogens with zero attached hydrogens (tertiary/aromatic N) is 3. The molecule has 0 aliphatic carbocycles. The number of aromatic nitrogens is 1. The summed E-state index contributed by atoms with van der Waals surface area (Å²) in [7, 11) is -3.95. The number of carbonyl (C=O) groups excluding carboxylic acids is 2. The highest BCUT2D eigenvalue weighted by Crippen LogP contribution is 2.30. The molecule has 0 bridgehead atoms. The van der Waals surface area contributed by atoms with Crippen molar-refractivity contribution in [2.75, 3.05) is 24.5 Å². The molecule has 10 heteroatoms. The van der Waals surface area contributed by atoms with E-state index in [-0.39, 0.29) is 39.8 Å². The molecule has 8 nitrogen and oxygen atoms in total. The lowest BCUT2D eigenvalue weighted by Gasteiger charge is -2.23. The van der Waals surface area contributed by atoms with E-state index in [1.807, 2.05) is 54.6 Å². The second-order valence-electron chi connectivity index (χ2n) is 8.18. The fourth-order valence-corrected chi connectivity index (χ4v) is 5.94. The number of hydrogen-bond donors (Lipinski definition) is 1. The van der Waals surface area contributed by atoms with Crippen LogP contribution < -0.4 is 10.0 Å². The van der Waals surface area contributed by atoms with Crippen LogP contribution in [0.15, 0.2) is 58.8 Å². The number of anilines is 1. The molecule has 178 valence electrons. The van der Waals surface area contributed by atoms with E-state index in [0.717, 1.165) is 34.4 Å². The van der Waals surface area contributed by atoms with Crippen molar-refractivity contribution in [1.29, 1.82) is 0 Å². The first kappa shape index (κ1) is 24.1. The zero-order valence-electron chi connectivity index (χ0n) is 18.8. The normalized spacial score (nSPS) is 13.9. The van der Waals surface area contributed by atoms with Crippen molar-refractivity contribution in [2.24, 2.45) is 5.14 Å². The summed E-state index contributed by atoms with van der Waals surface area (Å²) in [6.07, 6.45) is 1.42. The lowest BCUT2D eigenvalue weighted by molar-refractivity contribution is -0.128. The molecule has 3 aromatic rings. The standard InChI is InChI=1S/C24H26N4O4S2/c1-17-23(34(25,31)32)33-24(26-17)28(15-14-27-13-5-8-21(27)29)22(30)16-18-9-11-20(12-10-18)19-6-3-2-4-7-19/h2-4,6-7,9-12H,5,8,13-16H2,1H3,(H2,25,31,32). The first-order valence-electron chi connectivity index (χ1n) is 10.9. The lowest BCUT2D eigenvalue weighted by atomic mass is 10.0. The Labute approximate surface area is 203 Å². The van der Waals surface area contributed by atoms with Crippen LogP contribution in [-0.4, -0.2) is 49.8 Å². The number of aryl methyl sites for hydroxylation is 1. The van der Waals surface area contributed by atoms with Gasteiger partial charge in [0.15, 0.2) is 9.34 Å². The fourth-order valence-electron chi connectivity index (χ4n) is 3.95. The molecule has 2 heterocycles. The number of rotatable bonds is 8. The zero-order valence-corrected chi connectivity index (χ0v) is 20.4. The van der Waals surface area contributed by atoms with E-state index in [2.05, 4.69) is 4.98 Å². The molecular weight excluding hydrogens is 472 g/mol. The zero-order chi connectivity index (χ0) is 24.3. The van der Waals surface area contributed by atoms with Gasteiger partial charge >= 0.3 is 0 Å². The average molecular weight is 499 g/mol. The minimum Gasteiger partial charge on any atom is -0.341 e. The van der Waals surface area contributed by atoms with Crippen molar-refractivity contribution in [3.63, 3.8) is 0 Å². The summed E-state index contributed by atoms with van der Waals surface area (Å²) < 4.78 is 23.7. The van der Waals surface area contributed by atoms with Gasteiger partial charge in [0.05, 0.1) is 12.1 Å². The van der Waals surface area contributed by atoms with Crippen LogP contribution in [0.4, 0.5) is 5.13 Å². The monoisotopic (exact) mass is 498 g/mol. The van der Waals surface area contributed by atoms with E-state index < -0.39 is 10.0 Å². The molecule has 1 fully saturated rings. The number of carbonyl (C=O) groups is 2. The second-order valence-corrected chi connectivity index (χ2v) is 10.9. The summed E-state index contributed by atoms with van der Waals surface area (Å²) in [5, 5.41) is 5.57. The summed E-state index contributed by atoms with van der Waals surface area (Å²) in [4.78, 5) is 32.9. The number of nitrogens with two attached hydrogens (primary N) is 1. The third-order valence-corrected chi connectivity index (χ3v) is 8.45. The van der Waals surface area contributed by atoms with Crippen LogP contribution in [0.5, 0.6) is 0 Å². The first-order valence-corrected chi connectivity index (χ1v) is 13.3. The number of sulfonamides is 1. The summed E-state index contributed by atoms with van der Waals surface area (Å²) in [5.74, 6) is -0.168. The Bertz CT molecular complexity index is 1290. The third kappa shape index (κ3) is 5.52. The van der Waals surface area contributed by atoms with E-state index in [4.69, 9.17) is 5.14 Å². The maximum Gasteiger partial charge on any atom is 0.249 e. The van der Waals surface area contributed by atoms with Gasteiger partial charge in [-0.2, -0.15) is 0 Å². The topological polar surface area (TPSA) is 114 Å². The lowest BCUT2D eigenvalue weighted by Crippen LogP contribution is -2.40. The van der Waals surface area contributed by atoms with Crippen LogP contribution in [0.2, 0.25) is 0 Å². The maximum atomic E-state index is 13.3. The van der Waals surface area contributed by atoms with E-state index in [0.29, 0.717) is 19.5 Å². The minimum atomic E-state index is -3.95. The van der Waals surface area contributed by atoms with Crippen LogP contribution >= 0.6 is 11.3 Å². The van der Waals surface area contributed by atoms with Gasteiger partial charge in [0.25, 0.3) is 0 Å². The number of thiazole rings is 1. The maximum absolute atomic E-state index is 13.3. The van der Waals surface area contributed by atoms with Gasteiger partial charge in [0, 0.05) is 26.1 Å². The Balaban J connectivity index is 1.55. The van der Waals surface area contributed by atoms with E-state index >= 15 is 0 Å². The number of primary sulfonamides is 1. The summed E-state index contributed by atoms with van der Waals surface area (Å²) in [6.45, 7) is 2.79. The fraction of sp³-hybridized carbons (Fsp3) is 0.292. The first-order chi connectivity index (χ1) is 16.2. The molecule has 0 unspecified atom stereocenters. The quantitative estimate of drug-likeness (QED) is 0.513. The summed E-state index contributed by atoms with van der Waals surface area (Å²) in [6, 6.07) is 17.7. The third-order valence-electron chi connectivity index (χ3n) is 5.71. The highest BCUT2D eigenvalue weighted by molar-refractivity contribution is 7.91. The van der Waals surface area contributed by atoms with Crippen LogP contribution in [0.1, 0.15) is 24.1 Å². The molecule has 1 saturated heterocycles. The summed E-state index contributed by atoms with van der Waals surface area (Å²) >= 11 is 0.874. The predicted molar refractivity (Wildman–Crippen MR) is 132 cm³/mol. The molecule has 2 N–H and O–H groups in total. The Morgan fingerprint density at radius 2 is 1.79 bits per heavy atom.